The summed E-state index contributed by atoms with van der Waals surface area (Å²) in [6, 6.07) is 29.2. The molecule has 4 aliphatic rings. The molecular formula is C48H50Cl2Zr. The summed E-state index contributed by atoms with van der Waals surface area (Å²) in [6.45, 7) is 26.2. The summed E-state index contributed by atoms with van der Waals surface area (Å²) in [7, 11) is 0. The second kappa shape index (κ2) is 13.2. The third-order valence-electron chi connectivity index (χ3n) is 12.3. The molecule has 0 saturated carbocycles. The van der Waals surface area contributed by atoms with E-state index in [2.05, 4.69) is 161 Å². The van der Waals surface area contributed by atoms with Gasteiger partial charge in [-0.2, -0.15) is 0 Å². The minimum Gasteiger partial charge on any atom is -1.00 e. The Morgan fingerprint density at radius 3 is 1.63 bits per heavy atom. The van der Waals surface area contributed by atoms with E-state index in [1.807, 2.05) is 0 Å². The zero-order valence-electron chi connectivity index (χ0n) is 32.1. The molecule has 260 valence electrons. The van der Waals surface area contributed by atoms with Gasteiger partial charge < -0.3 is 24.8 Å². The fraction of sp³-hybridized carbons (Fsp3) is 0.312. The summed E-state index contributed by atoms with van der Waals surface area (Å²) >= 11 is -2.85. The summed E-state index contributed by atoms with van der Waals surface area (Å²) in [6.07, 6.45) is 6.03. The van der Waals surface area contributed by atoms with E-state index < -0.39 is 21.3 Å². The molecule has 0 aliphatic heterocycles. The van der Waals surface area contributed by atoms with Crippen LogP contribution in [0.4, 0.5) is 0 Å². The van der Waals surface area contributed by atoms with Gasteiger partial charge in [-0.25, -0.2) is 0 Å². The molecule has 0 saturated heterocycles. The number of aryl methyl sites for hydroxylation is 2. The molecule has 3 heteroatoms. The summed E-state index contributed by atoms with van der Waals surface area (Å²) in [5.41, 5.74) is 23.3. The number of rotatable bonds is 4. The van der Waals surface area contributed by atoms with Gasteiger partial charge in [0.05, 0.1) is 0 Å². The number of halogens is 2. The quantitative estimate of drug-likeness (QED) is 0.199. The second-order valence-electron chi connectivity index (χ2n) is 16.6. The Morgan fingerprint density at radius 2 is 1.12 bits per heavy atom. The summed E-state index contributed by atoms with van der Waals surface area (Å²) < 4.78 is 5.13. The fourth-order valence-corrected chi connectivity index (χ4v) is 19.8. The standard InChI is InChI=1S/C25H25.C15H14.C8H11.2ClH.Zr/c1-14-12-24(3,4)22-8-16-7-17-9-23-19(15(2)13-25(23,5)6)11-21(17)20(16)10-18(14)22;1-12-3-7-14(8-4-12)11-15-9-5-13(2)6-10-15;1-6-4-7(2)8(3)5-6;;;/h8-12H,7H2,1-6H3;3-10H,1-2H3;4,6H,1-3H3;2*1H;/q;;;;;+2/p-2. The fourth-order valence-electron chi connectivity index (χ4n) is 9.75. The Balaban J connectivity index is 0.00000224. The number of hydrogen-bond donors (Lipinski definition) is 0. The Labute approximate surface area is 326 Å². The molecule has 51 heavy (non-hydrogen) atoms. The maximum absolute atomic E-state index is 2.85. The van der Waals surface area contributed by atoms with Crippen LogP contribution in [0.5, 0.6) is 0 Å². The Bertz CT molecular complexity index is 2230. The number of hydrogen-bond acceptors (Lipinski definition) is 0. The zero-order valence-corrected chi connectivity index (χ0v) is 36.1. The number of fused-ring (bicyclic) bond motifs is 5. The first-order valence-electron chi connectivity index (χ1n) is 18.2. The topological polar surface area (TPSA) is 0 Å². The van der Waals surface area contributed by atoms with Crippen LogP contribution >= 0.6 is 0 Å². The summed E-state index contributed by atoms with van der Waals surface area (Å²) in [5.74, 6) is 0.458. The normalized spacial score (nSPS) is 18.5. The van der Waals surface area contributed by atoms with Crippen molar-refractivity contribution in [1.29, 1.82) is 0 Å². The van der Waals surface area contributed by atoms with Crippen molar-refractivity contribution >= 4 is 14.4 Å². The van der Waals surface area contributed by atoms with Crippen LogP contribution in [0.15, 0.2) is 103 Å². The van der Waals surface area contributed by atoms with Crippen molar-refractivity contribution in [2.75, 3.05) is 0 Å². The van der Waals surface area contributed by atoms with Gasteiger partial charge in [0.2, 0.25) is 0 Å². The Hall–Kier alpha value is -2.83. The first-order valence-corrected chi connectivity index (χ1v) is 21.9. The average molecular weight is 789 g/mol. The van der Waals surface area contributed by atoms with E-state index in [0.29, 0.717) is 5.92 Å². The maximum Gasteiger partial charge on any atom is -1.00 e. The van der Waals surface area contributed by atoms with Crippen molar-refractivity contribution in [2.45, 2.75) is 93.4 Å². The molecule has 1 unspecified atom stereocenters. The van der Waals surface area contributed by atoms with E-state index in [4.69, 9.17) is 0 Å². The molecule has 1 atom stereocenters. The predicted octanol–water partition coefficient (Wildman–Crippen LogP) is 6.36. The van der Waals surface area contributed by atoms with Crippen LogP contribution in [0.25, 0.3) is 22.3 Å². The van der Waals surface area contributed by atoms with Crippen molar-refractivity contribution in [1.82, 2.24) is 0 Å². The van der Waals surface area contributed by atoms with Crippen LogP contribution in [0.3, 0.4) is 0 Å². The van der Waals surface area contributed by atoms with E-state index >= 15 is 0 Å². The molecule has 0 amide bonds. The van der Waals surface area contributed by atoms with Crippen molar-refractivity contribution in [2.24, 2.45) is 5.92 Å². The molecule has 0 aromatic heterocycles. The molecule has 4 aromatic rings. The molecule has 0 fully saturated rings. The third kappa shape index (κ3) is 5.86. The van der Waals surface area contributed by atoms with Crippen LogP contribution in [0, 0.1) is 19.8 Å². The van der Waals surface area contributed by atoms with E-state index in [9.17, 15) is 0 Å². The second-order valence-corrected chi connectivity index (χ2v) is 22.2. The molecule has 0 nitrogen and oxygen atoms in total. The first-order chi connectivity index (χ1) is 23.2. The third-order valence-corrected chi connectivity index (χ3v) is 22.0. The molecule has 0 N–H and O–H groups in total. The van der Waals surface area contributed by atoms with Crippen LogP contribution in [-0.2, 0) is 38.5 Å². The smallest absolute Gasteiger partial charge is 1.00 e. The van der Waals surface area contributed by atoms with Gasteiger partial charge in [-0.3, -0.25) is 0 Å². The van der Waals surface area contributed by atoms with Crippen LogP contribution < -0.4 is 24.8 Å². The van der Waals surface area contributed by atoms with Crippen LogP contribution in [0.1, 0.15) is 118 Å². The molecule has 0 spiro atoms. The van der Waals surface area contributed by atoms with Crippen molar-refractivity contribution in [3.05, 3.63) is 158 Å². The van der Waals surface area contributed by atoms with E-state index in [-0.39, 0.29) is 35.6 Å². The van der Waals surface area contributed by atoms with Crippen molar-refractivity contribution in [3.8, 4) is 11.1 Å². The average Bonchev–Trinajstić information content (AvgIpc) is 3.67. The first kappa shape index (κ1) is 37.9. The molecule has 0 radical (unpaired) electrons. The van der Waals surface area contributed by atoms with Gasteiger partial charge in [-0.1, -0.05) is 0 Å². The van der Waals surface area contributed by atoms with E-state index in [1.165, 1.54) is 83.5 Å². The Kier molecular flexibility index (Phi) is 9.84. The number of allylic oxidation sites excluding steroid dienone is 8. The van der Waals surface area contributed by atoms with Gasteiger partial charge in [0, 0.05) is 0 Å². The van der Waals surface area contributed by atoms with Gasteiger partial charge in [0.15, 0.2) is 0 Å². The molecule has 8 rings (SSSR count). The van der Waals surface area contributed by atoms with Gasteiger partial charge >= 0.3 is 304 Å². The zero-order chi connectivity index (χ0) is 34.7. The van der Waals surface area contributed by atoms with Gasteiger partial charge in [0.1, 0.15) is 0 Å². The van der Waals surface area contributed by atoms with Crippen LogP contribution in [0.2, 0.25) is 0 Å². The predicted molar refractivity (Wildman–Crippen MR) is 208 cm³/mol. The monoisotopic (exact) mass is 786 g/mol. The van der Waals surface area contributed by atoms with Crippen molar-refractivity contribution in [3.63, 3.8) is 0 Å². The van der Waals surface area contributed by atoms with Crippen molar-refractivity contribution < 1.29 is 46.1 Å². The molecule has 0 heterocycles. The van der Waals surface area contributed by atoms with Gasteiger partial charge in [0.25, 0.3) is 0 Å². The molecular weight excluding hydrogens is 739 g/mol. The van der Waals surface area contributed by atoms with Gasteiger partial charge in [-0.15, -0.1) is 0 Å². The molecule has 4 aliphatic carbocycles. The summed E-state index contributed by atoms with van der Waals surface area (Å²) in [5, 5.41) is 0. The molecule has 0 bridgehead atoms. The van der Waals surface area contributed by atoms with E-state index in [0.717, 1.165) is 6.42 Å². The Morgan fingerprint density at radius 1 is 0.608 bits per heavy atom. The molecule has 4 aromatic carbocycles. The van der Waals surface area contributed by atoms with Gasteiger partial charge in [-0.05, 0) is 0 Å². The SMILES string of the molecule is CC1=CC(C)[C]([Zr+2]([C]2=C(C)c3cc4c(cc3C2(C)C)Cc2cc3c(cc2-4)C(C)=CC3(C)C)=[C](c2ccc(C)cc2)c2ccc(C)cc2)=C1C.[Cl-].[Cl-]. The van der Waals surface area contributed by atoms with E-state index in [1.54, 1.807) is 15.3 Å². The largest absolute Gasteiger partial charge is 1.00 e. The van der Waals surface area contributed by atoms with Crippen LogP contribution in [-0.4, -0.2) is 3.21 Å². The number of benzene rings is 4. The minimum atomic E-state index is -2.85. The minimum absolute atomic E-state index is 0. The maximum atomic E-state index is 2.63. The summed E-state index contributed by atoms with van der Waals surface area (Å²) in [4.78, 5) is 0.